The van der Waals surface area contributed by atoms with Gasteiger partial charge in [0, 0.05) is 6.20 Å². The zero-order valence-electron chi connectivity index (χ0n) is 15.0. The Morgan fingerprint density at radius 1 is 1.07 bits per heavy atom. The summed E-state index contributed by atoms with van der Waals surface area (Å²) in [6.07, 6.45) is 1.80. The maximum absolute atomic E-state index is 12.6. The summed E-state index contributed by atoms with van der Waals surface area (Å²) in [4.78, 5) is 12.7. The molecule has 142 valence electrons. The van der Waals surface area contributed by atoms with Crippen molar-refractivity contribution < 1.29 is 13.2 Å². The molecule has 0 fully saturated rings. The number of nitrogens with zero attached hydrogens (tertiary/aromatic N) is 3. The van der Waals surface area contributed by atoms with Gasteiger partial charge in [-0.05, 0) is 30.2 Å². The molecule has 0 radical (unpaired) electrons. The van der Waals surface area contributed by atoms with Crippen molar-refractivity contribution in [2.45, 2.75) is 31.3 Å². The van der Waals surface area contributed by atoms with Gasteiger partial charge < -0.3 is 5.32 Å². The van der Waals surface area contributed by atoms with Gasteiger partial charge in [0.05, 0.1) is 11.4 Å². The number of hydrogen-bond acceptors (Lipinski definition) is 5. The highest BCUT2D eigenvalue weighted by molar-refractivity contribution is 7.89. The monoisotopic (exact) mass is 387 g/mol. The molecule has 0 saturated heterocycles. The zero-order valence-corrected chi connectivity index (χ0v) is 15.8. The first-order chi connectivity index (χ1) is 12.9. The van der Waals surface area contributed by atoms with E-state index in [9.17, 15) is 13.2 Å². The van der Waals surface area contributed by atoms with Crippen LogP contribution in [0.15, 0.2) is 59.6 Å². The topological polar surface area (TPSA) is 105 Å². The molecule has 0 spiro atoms. The molecule has 0 aliphatic heterocycles. The van der Waals surface area contributed by atoms with Gasteiger partial charge in [-0.15, -0.1) is 10.2 Å². The highest BCUT2D eigenvalue weighted by atomic mass is 32.2. The molecule has 9 heteroatoms. The van der Waals surface area contributed by atoms with Crippen molar-refractivity contribution in [3.05, 3.63) is 60.6 Å². The SMILES string of the molecule is CC(C)[C@@H](NS(=O)(=O)c1ccccc1)C(=O)NCc1nnc2ccccn12. The van der Waals surface area contributed by atoms with Gasteiger partial charge in [0.15, 0.2) is 11.5 Å². The van der Waals surface area contributed by atoms with Crippen molar-refractivity contribution in [2.75, 3.05) is 0 Å². The first kappa shape index (κ1) is 19.0. The number of fused-ring (bicyclic) bond motifs is 1. The number of rotatable bonds is 7. The lowest BCUT2D eigenvalue weighted by Gasteiger charge is -2.21. The third-order valence-corrected chi connectivity index (χ3v) is 5.55. The van der Waals surface area contributed by atoms with E-state index < -0.39 is 22.0 Å². The normalized spacial score (nSPS) is 13.0. The van der Waals surface area contributed by atoms with Crippen molar-refractivity contribution >= 4 is 21.6 Å². The molecular weight excluding hydrogens is 366 g/mol. The van der Waals surface area contributed by atoms with E-state index in [0.29, 0.717) is 11.5 Å². The highest BCUT2D eigenvalue weighted by Gasteiger charge is 2.28. The van der Waals surface area contributed by atoms with Crippen LogP contribution in [0, 0.1) is 5.92 Å². The van der Waals surface area contributed by atoms with Gasteiger partial charge in [-0.25, -0.2) is 8.42 Å². The van der Waals surface area contributed by atoms with Gasteiger partial charge in [0.1, 0.15) is 6.04 Å². The Morgan fingerprint density at radius 3 is 2.48 bits per heavy atom. The van der Waals surface area contributed by atoms with E-state index in [4.69, 9.17) is 0 Å². The van der Waals surface area contributed by atoms with Crippen LogP contribution in [0.2, 0.25) is 0 Å². The van der Waals surface area contributed by atoms with Gasteiger partial charge in [0.25, 0.3) is 0 Å². The Hall–Kier alpha value is -2.78. The van der Waals surface area contributed by atoms with Crippen LogP contribution < -0.4 is 10.0 Å². The fourth-order valence-electron chi connectivity index (χ4n) is 2.61. The number of aromatic nitrogens is 3. The lowest BCUT2D eigenvalue weighted by molar-refractivity contribution is -0.123. The molecule has 1 amide bonds. The standard InChI is InChI=1S/C18H21N5O3S/c1-13(2)17(22-27(25,26)14-8-4-3-5-9-14)18(24)19-12-16-21-20-15-10-6-7-11-23(15)16/h3-11,13,17,22H,12H2,1-2H3,(H,19,24)/t17-/m1/s1. The number of nitrogens with one attached hydrogen (secondary N) is 2. The molecule has 2 N–H and O–H groups in total. The summed E-state index contributed by atoms with van der Waals surface area (Å²) < 4.78 is 29.3. The predicted molar refractivity (Wildman–Crippen MR) is 100 cm³/mol. The molecular formula is C18H21N5O3S. The largest absolute Gasteiger partial charge is 0.347 e. The second-order valence-corrected chi connectivity index (χ2v) is 8.13. The third-order valence-electron chi connectivity index (χ3n) is 4.09. The third kappa shape index (κ3) is 4.32. The fourth-order valence-corrected chi connectivity index (χ4v) is 3.98. The maximum atomic E-state index is 12.6. The average molecular weight is 387 g/mol. The Kier molecular flexibility index (Phi) is 5.52. The maximum Gasteiger partial charge on any atom is 0.241 e. The van der Waals surface area contributed by atoms with Crippen LogP contribution in [0.25, 0.3) is 5.65 Å². The van der Waals surface area contributed by atoms with Crippen LogP contribution in [0.5, 0.6) is 0 Å². The minimum Gasteiger partial charge on any atom is -0.347 e. The molecule has 3 aromatic rings. The Labute approximate surface area is 157 Å². The van der Waals surface area contributed by atoms with Crippen molar-refractivity contribution in [2.24, 2.45) is 5.92 Å². The number of hydrogen-bond donors (Lipinski definition) is 2. The quantitative estimate of drug-likeness (QED) is 0.637. The molecule has 0 saturated carbocycles. The first-order valence-electron chi connectivity index (χ1n) is 8.52. The van der Waals surface area contributed by atoms with Crippen LogP contribution in [0.3, 0.4) is 0 Å². The van der Waals surface area contributed by atoms with Crippen molar-refractivity contribution in [1.82, 2.24) is 24.6 Å². The fraction of sp³-hybridized carbons (Fsp3) is 0.278. The lowest BCUT2D eigenvalue weighted by atomic mass is 10.1. The number of pyridine rings is 1. The van der Waals surface area contributed by atoms with E-state index in [1.165, 1.54) is 12.1 Å². The van der Waals surface area contributed by atoms with Crippen LogP contribution in [0.4, 0.5) is 0 Å². The lowest BCUT2D eigenvalue weighted by Crippen LogP contribution is -2.49. The second kappa shape index (κ2) is 7.85. The van der Waals surface area contributed by atoms with Gasteiger partial charge in [-0.3, -0.25) is 9.20 Å². The van der Waals surface area contributed by atoms with Crippen LogP contribution in [0.1, 0.15) is 19.7 Å². The van der Waals surface area contributed by atoms with E-state index in [2.05, 4.69) is 20.2 Å². The van der Waals surface area contributed by atoms with Gasteiger partial charge >= 0.3 is 0 Å². The molecule has 8 nitrogen and oxygen atoms in total. The van der Waals surface area contributed by atoms with Crippen molar-refractivity contribution in [3.63, 3.8) is 0 Å². The van der Waals surface area contributed by atoms with Crippen LogP contribution in [-0.4, -0.2) is 35.0 Å². The molecule has 0 bridgehead atoms. The zero-order chi connectivity index (χ0) is 19.4. The summed E-state index contributed by atoms with van der Waals surface area (Å²) >= 11 is 0. The molecule has 0 aliphatic carbocycles. The first-order valence-corrected chi connectivity index (χ1v) is 10.0. The Balaban J connectivity index is 1.72. The molecule has 0 unspecified atom stereocenters. The predicted octanol–water partition coefficient (Wildman–Crippen LogP) is 1.35. The summed E-state index contributed by atoms with van der Waals surface area (Å²) in [5, 5.41) is 10.8. The number of amides is 1. The van der Waals surface area contributed by atoms with Crippen molar-refractivity contribution in [3.8, 4) is 0 Å². The number of sulfonamides is 1. The van der Waals surface area contributed by atoms with E-state index in [1.807, 2.05) is 18.2 Å². The molecule has 3 rings (SSSR count). The molecule has 27 heavy (non-hydrogen) atoms. The summed E-state index contributed by atoms with van der Waals surface area (Å²) in [6.45, 7) is 3.70. The average Bonchev–Trinajstić information content (AvgIpc) is 3.08. The summed E-state index contributed by atoms with van der Waals surface area (Å²) in [7, 11) is -3.80. The molecule has 0 aliphatic rings. The Morgan fingerprint density at radius 2 is 1.78 bits per heavy atom. The minimum atomic E-state index is -3.80. The number of carbonyl (C=O) groups excluding carboxylic acids is 1. The molecule has 1 atom stereocenters. The highest BCUT2D eigenvalue weighted by Crippen LogP contribution is 2.12. The van der Waals surface area contributed by atoms with Gasteiger partial charge in [-0.2, -0.15) is 4.72 Å². The summed E-state index contributed by atoms with van der Waals surface area (Å²) in [5.41, 5.74) is 0.673. The smallest absolute Gasteiger partial charge is 0.241 e. The van der Waals surface area contributed by atoms with Gasteiger partial charge in [0.2, 0.25) is 15.9 Å². The van der Waals surface area contributed by atoms with E-state index in [-0.39, 0.29) is 17.4 Å². The molecule has 2 heterocycles. The minimum absolute atomic E-state index is 0.118. The number of carbonyl (C=O) groups is 1. The van der Waals surface area contributed by atoms with Gasteiger partial charge in [-0.1, -0.05) is 38.1 Å². The van der Waals surface area contributed by atoms with E-state index in [1.54, 1.807) is 42.6 Å². The Bertz CT molecular complexity index is 1030. The van der Waals surface area contributed by atoms with Crippen LogP contribution in [-0.2, 0) is 21.4 Å². The summed E-state index contributed by atoms with van der Waals surface area (Å²) in [5.74, 6) is -0.0943. The van der Waals surface area contributed by atoms with E-state index in [0.717, 1.165) is 0 Å². The van der Waals surface area contributed by atoms with Crippen molar-refractivity contribution in [1.29, 1.82) is 0 Å². The second-order valence-electron chi connectivity index (χ2n) is 6.42. The molecule has 1 aromatic carbocycles. The van der Waals surface area contributed by atoms with E-state index >= 15 is 0 Å². The number of benzene rings is 1. The van der Waals surface area contributed by atoms with Crippen LogP contribution >= 0.6 is 0 Å². The molecule has 2 aromatic heterocycles. The summed E-state index contributed by atoms with van der Waals surface area (Å²) in [6, 6.07) is 12.6.